The topological polar surface area (TPSA) is 80.7 Å². The summed E-state index contributed by atoms with van der Waals surface area (Å²) >= 11 is 0. The molecular formula is C11H10N4O. The van der Waals surface area contributed by atoms with Crippen molar-refractivity contribution in [1.29, 1.82) is 0 Å². The lowest BCUT2D eigenvalue weighted by Gasteiger charge is -1.98. The summed E-state index contributed by atoms with van der Waals surface area (Å²) in [7, 11) is 0. The Hall–Kier alpha value is -2.30. The van der Waals surface area contributed by atoms with Crippen molar-refractivity contribution in [2.75, 3.05) is 5.73 Å². The van der Waals surface area contributed by atoms with Crippen molar-refractivity contribution in [3.05, 3.63) is 30.0 Å². The summed E-state index contributed by atoms with van der Waals surface area (Å²) in [6, 6.07) is 7.58. The zero-order valence-corrected chi connectivity index (χ0v) is 8.69. The molecule has 0 aliphatic rings. The molecule has 0 aliphatic carbocycles. The van der Waals surface area contributed by atoms with Crippen LogP contribution in [0.3, 0.4) is 0 Å². The first kappa shape index (κ1) is 8.96. The Morgan fingerprint density at radius 3 is 3.00 bits per heavy atom. The van der Waals surface area contributed by atoms with Crippen molar-refractivity contribution in [1.82, 2.24) is 15.4 Å². The number of H-pyrrole nitrogens is 1. The van der Waals surface area contributed by atoms with Gasteiger partial charge in [-0.2, -0.15) is 5.10 Å². The minimum Gasteiger partial charge on any atom is -0.382 e. The van der Waals surface area contributed by atoms with Crippen LogP contribution in [0.2, 0.25) is 0 Å². The first-order chi connectivity index (χ1) is 7.75. The van der Waals surface area contributed by atoms with E-state index < -0.39 is 0 Å². The zero-order chi connectivity index (χ0) is 11.1. The van der Waals surface area contributed by atoms with Gasteiger partial charge >= 0.3 is 0 Å². The van der Waals surface area contributed by atoms with Gasteiger partial charge in [0, 0.05) is 11.6 Å². The van der Waals surface area contributed by atoms with Crippen LogP contribution in [-0.4, -0.2) is 15.4 Å². The number of hydrogen-bond acceptors (Lipinski definition) is 4. The molecule has 0 saturated heterocycles. The second kappa shape index (κ2) is 3.10. The normalized spacial score (nSPS) is 11.1. The first-order valence-electron chi connectivity index (χ1n) is 4.92. The lowest BCUT2D eigenvalue weighted by molar-refractivity contribution is 0.450. The molecule has 16 heavy (non-hydrogen) atoms. The highest BCUT2D eigenvalue weighted by atomic mass is 16.5. The van der Waals surface area contributed by atoms with Crippen molar-refractivity contribution >= 4 is 16.8 Å². The number of benzene rings is 1. The van der Waals surface area contributed by atoms with Crippen LogP contribution in [0, 0.1) is 6.92 Å². The summed E-state index contributed by atoms with van der Waals surface area (Å²) < 4.78 is 5.20. The highest BCUT2D eigenvalue weighted by Gasteiger charge is 2.11. The Labute approximate surface area is 91.2 Å². The molecule has 0 spiro atoms. The minimum atomic E-state index is 0.473. The molecule has 1 aromatic carbocycles. The lowest BCUT2D eigenvalue weighted by Crippen LogP contribution is -1.81. The van der Waals surface area contributed by atoms with Crippen molar-refractivity contribution in [2.24, 2.45) is 0 Å². The molecule has 3 N–H and O–H groups in total. The van der Waals surface area contributed by atoms with Crippen LogP contribution in [0.5, 0.6) is 0 Å². The fourth-order valence-electron chi connectivity index (χ4n) is 1.84. The third-order valence-electron chi connectivity index (χ3n) is 2.56. The Bertz CT molecular complexity index is 653. The third-order valence-corrected chi connectivity index (χ3v) is 2.56. The average molecular weight is 214 g/mol. The quantitative estimate of drug-likeness (QED) is 0.650. The van der Waals surface area contributed by atoms with Crippen LogP contribution in [0.1, 0.15) is 5.69 Å². The van der Waals surface area contributed by atoms with Crippen molar-refractivity contribution in [3.8, 4) is 11.3 Å². The molecule has 0 saturated carbocycles. The van der Waals surface area contributed by atoms with Crippen LogP contribution in [0.4, 0.5) is 5.82 Å². The van der Waals surface area contributed by atoms with Crippen molar-refractivity contribution < 1.29 is 4.52 Å². The standard InChI is InChI=1S/C11H10N4O/c1-6-11-7(8-5-10(12)14-13-8)3-2-4-9(11)16-15-6/h2-5H,1H3,(H3,12,13,14). The SMILES string of the molecule is Cc1noc2cccc(-c3cc(N)n[nH]3)c12. The van der Waals surface area contributed by atoms with Crippen molar-refractivity contribution in [2.45, 2.75) is 6.92 Å². The molecule has 0 atom stereocenters. The number of aromatic nitrogens is 3. The molecule has 3 rings (SSSR count). The van der Waals surface area contributed by atoms with Gasteiger partial charge in [0.2, 0.25) is 0 Å². The van der Waals surface area contributed by atoms with Gasteiger partial charge in [-0.15, -0.1) is 0 Å². The van der Waals surface area contributed by atoms with Gasteiger partial charge in [-0.05, 0) is 13.0 Å². The maximum absolute atomic E-state index is 5.59. The summed E-state index contributed by atoms with van der Waals surface area (Å²) in [4.78, 5) is 0. The van der Waals surface area contributed by atoms with E-state index in [1.54, 1.807) is 6.07 Å². The van der Waals surface area contributed by atoms with Crippen molar-refractivity contribution in [3.63, 3.8) is 0 Å². The highest BCUT2D eigenvalue weighted by molar-refractivity contribution is 5.94. The summed E-state index contributed by atoms with van der Waals surface area (Å²) in [6.07, 6.45) is 0. The molecule has 0 fully saturated rings. The second-order valence-corrected chi connectivity index (χ2v) is 3.65. The van der Waals surface area contributed by atoms with Gasteiger partial charge < -0.3 is 10.3 Å². The van der Waals surface area contributed by atoms with Crippen LogP contribution >= 0.6 is 0 Å². The summed E-state index contributed by atoms with van der Waals surface area (Å²) in [5.41, 5.74) is 9.09. The number of aromatic amines is 1. The number of hydrogen-bond donors (Lipinski definition) is 2. The fourth-order valence-corrected chi connectivity index (χ4v) is 1.84. The van der Waals surface area contributed by atoms with E-state index in [1.807, 2.05) is 25.1 Å². The van der Waals surface area contributed by atoms with Gasteiger partial charge in [-0.25, -0.2) is 0 Å². The Morgan fingerprint density at radius 1 is 1.38 bits per heavy atom. The maximum Gasteiger partial charge on any atom is 0.167 e. The third kappa shape index (κ3) is 1.18. The molecule has 0 aliphatic heterocycles. The summed E-state index contributed by atoms with van der Waals surface area (Å²) in [6.45, 7) is 1.91. The van der Waals surface area contributed by atoms with E-state index in [4.69, 9.17) is 10.3 Å². The molecule has 3 aromatic rings. The monoisotopic (exact) mass is 214 g/mol. The molecule has 80 valence electrons. The number of nitrogens with zero attached hydrogens (tertiary/aromatic N) is 2. The maximum atomic E-state index is 5.59. The number of nitrogens with two attached hydrogens (primary N) is 1. The molecule has 0 bridgehead atoms. The second-order valence-electron chi connectivity index (χ2n) is 3.65. The molecule has 5 heteroatoms. The van der Waals surface area contributed by atoms with Crippen LogP contribution in [-0.2, 0) is 0 Å². The number of anilines is 1. The predicted molar refractivity (Wildman–Crippen MR) is 60.7 cm³/mol. The number of rotatable bonds is 1. The Balaban J connectivity index is 2.34. The number of nitrogens with one attached hydrogen (secondary N) is 1. The largest absolute Gasteiger partial charge is 0.382 e. The summed E-state index contributed by atoms with van der Waals surface area (Å²) in [5, 5.41) is 11.7. The molecule has 5 nitrogen and oxygen atoms in total. The lowest BCUT2D eigenvalue weighted by atomic mass is 10.1. The predicted octanol–water partition coefficient (Wildman–Crippen LogP) is 2.11. The van der Waals surface area contributed by atoms with E-state index in [1.165, 1.54) is 0 Å². The fraction of sp³-hybridized carbons (Fsp3) is 0.0909. The molecule has 2 aromatic heterocycles. The van der Waals surface area contributed by atoms with E-state index >= 15 is 0 Å². The van der Waals surface area contributed by atoms with E-state index in [2.05, 4.69) is 15.4 Å². The Kier molecular flexibility index (Phi) is 1.73. The highest BCUT2D eigenvalue weighted by Crippen LogP contribution is 2.30. The number of nitrogen functional groups attached to an aromatic ring is 1. The molecule has 0 radical (unpaired) electrons. The van der Waals surface area contributed by atoms with Crippen LogP contribution < -0.4 is 5.73 Å². The molecule has 0 unspecified atom stereocenters. The van der Waals surface area contributed by atoms with E-state index in [0.29, 0.717) is 5.82 Å². The number of fused-ring (bicyclic) bond motifs is 1. The van der Waals surface area contributed by atoms with Gasteiger partial charge in [0.05, 0.1) is 16.8 Å². The van der Waals surface area contributed by atoms with E-state index in [-0.39, 0.29) is 0 Å². The minimum absolute atomic E-state index is 0.473. The van der Waals surface area contributed by atoms with Gasteiger partial charge in [-0.3, -0.25) is 5.10 Å². The summed E-state index contributed by atoms with van der Waals surface area (Å²) in [5.74, 6) is 0.473. The van der Waals surface area contributed by atoms with Gasteiger partial charge in [0.15, 0.2) is 5.58 Å². The first-order valence-corrected chi connectivity index (χ1v) is 4.92. The molecular weight excluding hydrogens is 204 g/mol. The molecule has 2 heterocycles. The van der Waals surface area contributed by atoms with Crippen LogP contribution in [0.25, 0.3) is 22.2 Å². The smallest absolute Gasteiger partial charge is 0.167 e. The number of aryl methyl sites for hydroxylation is 1. The van der Waals surface area contributed by atoms with Crippen LogP contribution in [0.15, 0.2) is 28.8 Å². The zero-order valence-electron chi connectivity index (χ0n) is 8.69. The van der Waals surface area contributed by atoms with Gasteiger partial charge in [0.25, 0.3) is 0 Å². The molecule has 0 amide bonds. The van der Waals surface area contributed by atoms with E-state index in [0.717, 1.165) is 27.9 Å². The van der Waals surface area contributed by atoms with E-state index in [9.17, 15) is 0 Å². The Morgan fingerprint density at radius 2 is 2.25 bits per heavy atom. The average Bonchev–Trinajstić information content (AvgIpc) is 2.86. The van der Waals surface area contributed by atoms with Gasteiger partial charge in [-0.1, -0.05) is 17.3 Å². The van der Waals surface area contributed by atoms with Gasteiger partial charge in [0.1, 0.15) is 5.82 Å².